The normalized spacial score (nSPS) is 24.8. The molecule has 0 spiro atoms. The van der Waals surface area contributed by atoms with Gasteiger partial charge in [-0.25, -0.2) is 4.39 Å². The molecule has 2 saturated heterocycles. The van der Waals surface area contributed by atoms with E-state index in [1.165, 1.54) is 17.4 Å². The Balaban J connectivity index is 1.77. The van der Waals surface area contributed by atoms with Gasteiger partial charge in [-0.2, -0.15) is 0 Å². The average Bonchev–Trinajstić information content (AvgIpc) is 3.12. The number of nitrogens with one attached hydrogen (secondary N) is 1. The van der Waals surface area contributed by atoms with Crippen molar-refractivity contribution in [2.45, 2.75) is 18.5 Å². The monoisotopic (exact) mass is 310 g/mol. The molecule has 1 aromatic carbocycles. The summed E-state index contributed by atoms with van der Waals surface area (Å²) in [5, 5.41) is 3.98. The van der Waals surface area contributed by atoms with Crippen LogP contribution in [0, 0.1) is 5.82 Å². The van der Waals surface area contributed by atoms with Gasteiger partial charge in [0, 0.05) is 35.3 Å². The van der Waals surface area contributed by atoms with Gasteiger partial charge in [0.05, 0.1) is 5.02 Å². The van der Waals surface area contributed by atoms with Crippen LogP contribution in [0.2, 0.25) is 5.02 Å². The molecule has 1 amide bonds. The Morgan fingerprint density at radius 1 is 1.50 bits per heavy atom. The van der Waals surface area contributed by atoms with E-state index < -0.39 is 0 Å². The molecule has 104 valence electrons. The van der Waals surface area contributed by atoms with Crippen LogP contribution >= 0.6 is 22.9 Å². The van der Waals surface area contributed by atoms with Crippen molar-refractivity contribution < 1.29 is 9.18 Å². The molecule has 1 N–H and O–H groups in total. The number of rotatable bonds is 1. The molecule has 0 unspecified atom stereocenters. The zero-order valence-corrected chi connectivity index (χ0v) is 12.1. The molecule has 1 aromatic heterocycles. The molecule has 2 atom stereocenters. The van der Waals surface area contributed by atoms with E-state index >= 15 is 0 Å². The van der Waals surface area contributed by atoms with Crippen LogP contribution < -0.4 is 5.32 Å². The Bertz CT molecular complexity index is 717. The summed E-state index contributed by atoms with van der Waals surface area (Å²) in [6.45, 7) is 1.56. The van der Waals surface area contributed by atoms with Crippen LogP contribution in [0.1, 0.15) is 16.1 Å². The van der Waals surface area contributed by atoms with E-state index in [0.29, 0.717) is 16.3 Å². The topological polar surface area (TPSA) is 32.3 Å². The van der Waals surface area contributed by atoms with Crippen LogP contribution in [0.5, 0.6) is 0 Å². The number of likely N-dealkylation sites (tertiary alicyclic amines) is 1. The molecule has 2 aliphatic rings. The van der Waals surface area contributed by atoms with Crippen LogP contribution in [0.4, 0.5) is 4.39 Å². The molecule has 20 heavy (non-hydrogen) atoms. The number of halogens is 2. The number of benzene rings is 1. The summed E-state index contributed by atoms with van der Waals surface area (Å²) in [5.74, 6) is -0.433. The van der Waals surface area contributed by atoms with Crippen molar-refractivity contribution in [3.8, 4) is 0 Å². The molecule has 6 heteroatoms. The van der Waals surface area contributed by atoms with E-state index in [4.69, 9.17) is 11.6 Å². The lowest BCUT2D eigenvalue weighted by Gasteiger charge is -2.27. The lowest BCUT2D eigenvalue weighted by Crippen LogP contribution is -2.46. The Morgan fingerprint density at radius 2 is 2.35 bits per heavy atom. The van der Waals surface area contributed by atoms with Crippen molar-refractivity contribution in [1.82, 2.24) is 10.2 Å². The lowest BCUT2D eigenvalue weighted by atomic mass is 10.2. The summed E-state index contributed by atoms with van der Waals surface area (Å²) in [5.41, 5.74) is 0. The van der Waals surface area contributed by atoms with E-state index in [1.807, 2.05) is 4.90 Å². The van der Waals surface area contributed by atoms with Crippen molar-refractivity contribution in [3.05, 3.63) is 33.9 Å². The van der Waals surface area contributed by atoms with E-state index in [-0.39, 0.29) is 22.8 Å². The van der Waals surface area contributed by atoms with Crippen LogP contribution in [0.25, 0.3) is 10.1 Å². The number of amides is 1. The van der Waals surface area contributed by atoms with Crippen LogP contribution in [-0.2, 0) is 0 Å². The number of carbonyl (C=O) groups excluding carboxylic acids is 1. The van der Waals surface area contributed by atoms with Crippen molar-refractivity contribution >= 4 is 38.9 Å². The highest BCUT2D eigenvalue weighted by molar-refractivity contribution is 7.21. The average molecular weight is 311 g/mol. The van der Waals surface area contributed by atoms with Crippen LogP contribution in [0.3, 0.4) is 0 Å². The summed E-state index contributed by atoms with van der Waals surface area (Å²) in [6.07, 6.45) is 1.00. The minimum atomic E-state index is -0.368. The van der Waals surface area contributed by atoms with Crippen molar-refractivity contribution in [2.24, 2.45) is 0 Å². The van der Waals surface area contributed by atoms with Gasteiger partial charge in [0.25, 0.3) is 5.91 Å². The number of hydrogen-bond acceptors (Lipinski definition) is 3. The highest BCUT2D eigenvalue weighted by atomic mass is 35.5. The standard InChI is InChI=1S/C14H12ClFN2OS/c15-12-11-9(16)2-1-3-10(11)20-13(12)14(19)18-6-7-4-8(18)5-17-7/h1-3,7-8,17H,4-6H2/t7-,8-/m0/s1. The maximum absolute atomic E-state index is 13.8. The molecule has 0 aliphatic carbocycles. The fraction of sp³-hybridized carbons (Fsp3) is 0.357. The third-order valence-electron chi connectivity index (χ3n) is 4.12. The van der Waals surface area contributed by atoms with Gasteiger partial charge in [-0.05, 0) is 18.6 Å². The number of fused-ring (bicyclic) bond motifs is 3. The zero-order chi connectivity index (χ0) is 13.9. The first-order valence-electron chi connectivity index (χ1n) is 6.56. The molecule has 4 rings (SSSR count). The van der Waals surface area contributed by atoms with Gasteiger partial charge in [0.2, 0.25) is 0 Å². The fourth-order valence-electron chi connectivity index (χ4n) is 3.15. The summed E-state index contributed by atoms with van der Waals surface area (Å²) in [7, 11) is 0. The second kappa shape index (κ2) is 4.41. The van der Waals surface area contributed by atoms with Gasteiger partial charge in [-0.1, -0.05) is 17.7 Å². The molecular weight excluding hydrogens is 299 g/mol. The first kappa shape index (κ1) is 12.6. The number of hydrogen-bond donors (Lipinski definition) is 1. The largest absolute Gasteiger partial charge is 0.332 e. The minimum absolute atomic E-state index is 0.0652. The van der Waals surface area contributed by atoms with Gasteiger partial charge >= 0.3 is 0 Å². The molecule has 2 fully saturated rings. The van der Waals surface area contributed by atoms with Gasteiger partial charge in [-0.3, -0.25) is 4.79 Å². The number of nitrogens with zero attached hydrogens (tertiary/aromatic N) is 1. The summed E-state index contributed by atoms with van der Waals surface area (Å²) in [4.78, 5) is 15.0. The van der Waals surface area contributed by atoms with Gasteiger partial charge < -0.3 is 10.2 Å². The second-order valence-electron chi connectivity index (χ2n) is 5.31. The van der Waals surface area contributed by atoms with Gasteiger partial charge in [0.1, 0.15) is 10.7 Å². The highest BCUT2D eigenvalue weighted by Crippen LogP contribution is 2.38. The first-order valence-corrected chi connectivity index (χ1v) is 7.75. The Kier molecular flexibility index (Phi) is 2.77. The highest BCUT2D eigenvalue weighted by Gasteiger charge is 2.41. The molecule has 2 aliphatic heterocycles. The van der Waals surface area contributed by atoms with E-state index in [2.05, 4.69) is 5.32 Å². The van der Waals surface area contributed by atoms with E-state index in [1.54, 1.807) is 12.1 Å². The smallest absolute Gasteiger partial charge is 0.265 e. The van der Waals surface area contributed by atoms with Crippen molar-refractivity contribution in [3.63, 3.8) is 0 Å². The fourth-order valence-corrected chi connectivity index (χ4v) is 4.66. The molecule has 3 nitrogen and oxygen atoms in total. The third-order valence-corrected chi connectivity index (χ3v) is 5.75. The summed E-state index contributed by atoms with van der Waals surface area (Å²) >= 11 is 7.52. The zero-order valence-electron chi connectivity index (χ0n) is 10.5. The Labute approximate surface area is 124 Å². The number of thiophene rings is 1. The molecule has 3 heterocycles. The SMILES string of the molecule is O=C(c1sc2cccc(F)c2c1Cl)N1C[C@@H]2C[C@H]1CN2. The molecule has 2 aromatic rings. The Hall–Kier alpha value is -1.17. The minimum Gasteiger partial charge on any atom is -0.332 e. The molecule has 0 radical (unpaired) electrons. The quantitative estimate of drug-likeness (QED) is 0.878. The van der Waals surface area contributed by atoms with E-state index in [0.717, 1.165) is 24.2 Å². The number of piperazine rings is 1. The molecule has 0 saturated carbocycles. The second-order valence-corrected chi connectivity index (χ2v) is 6.74. The first-order chi connectivity index (χ1) is 9.65. The predicted octanol–water partition coefficient (Wildman–Crippen LogP) is 2.88. The molecular formula is C14H12ClFN2OS. The predicted molar refractivity (Wildman–Crippen MR) is 78.0 cm³/mol. The van der Waals surface area contributed by atoms with Crippen LogP contribution in [-0.4, -0.2) is 36.0 Å². The summed E-state index contributed by atoms with van der Waals surface area (Å²) < 4.78 is 14.6. The van der Waals surface area contributed by atoms with Crippen LogP contribution in [0.15, 0.2) is 18.2 Å². The lowest BCUT2D eigenvalue weighted by molar-refractivity contribution is 0.0721. The van der Waals surface area contributed by atoms with Crippen molar-refractivity contribution in [1.29, 1.82) is 0 Å². The third kappa shape index (κ3) is 1.70. The van der Waals surface area contributed by atoms with Crippen molar-refractivity contribution in [2.75, 3.05) is 13.1 Å². The Morgan fingerprint density at radius 3 is 3.00 bits per heavy atom. The summed E-state index contributed by atoms with van der Waals surface area (Å²) in [6, 6.07) is 5.45. The van der Waals surface area contributed by atoms with Gasteiger partial charge in [-0.15, -0.1) is 11.3 Å². The maximum Gasteiger partial charge on any atom is 0.265 e. The molecule has 2 bridgehead atoms. The number of carbonyl (C=O) groups is 1. The maximum atomic E-state index is 13.8. The van der Waals surface area contributed by atoms with E-state index in [9.17, 15) is 9.18 Å². The van der Waals surface area contributed by atoms with Gasteiger partial charge in [0.15, 0.2) is 0 Å².